The molecule has 1 aliphatic rings. The maximum atomic E-state index is 12.8. The van der Waals surface area contributed by atoms with Crippen LogP contribution in [0.15, 0.2) is 47.6 Å². The Kier molecular flexibility index (Phi) is 7.01. The predicted molar refractivity (Wildman–Crippen MR) is 115 cm³/mol. The molecule has 1 aromatic heterocycles. The van der Waals surface area contributed by atoms with Gasteiger partial charge in [0.15, 0.2) is 0 Å². The Morgan fingerprint density at radius 1 is 1.13 bits per heavy atom. The van der Waals surface area contributed by atoms with E-state index in [1.165, 1.54) is 16.4 Å². The predicted octanol–water partition coefficient (Wildman–Crippen LogP) is 2.34. The lowest BCUT2D eigenvalue weighted by atomic mass is 10.2. The lowest BCUT2D eigenvalue weighted by Crippen LogP contribution is -2.46. The maximum Gasteiger partial charge on any atom is 0.293 e. The van der Waals surface area contributed by atoms with E-state index in [4.69, 9.17) is 0 Å². The van der Waals surface area contributed by atoms with Gasteiger partial charge in [-0.05, 0) is 23.8 Å². The third-order valence-electron chi connectivity index (χ3n) is 5.33. The molecule has 10 heteroatoms. The number of anilines is 1. The molecule has 1 aromatic carbocycles. The van der Waals surface area contributed by atoms with Gasteiger partial charge in [0.1, 0.15) is 5.69 Å². The van der Waals surface area contributed by atoms with Gasteiger partial charge in [0.2, 0.25) is 10.0 Å². The summed E-state index contributed by atoms with van der Waals surface area (Å²) >= 11 is 0. The Morgan fingerprint density at radius 3 is 2.40 bits per heavy atom. The van der Waals surface area contributed by atoms with Gasteiger partial charge in [0.25, 0.3) is 5.69 Å². The zero-order valence-corrected chi connectivity index (χ0v) is 18.1. The van der Waals surface area contributed by atoms with Crippen molar-refractivity contribution in [1.82, 2.24) is 14.2 Å². The van der Waals surface area contributed by atoms with Crippen LogP contribution in [0.4, 0.5) is 11.4 Å². The number of piperazine rings is 1. The first-order valence-corrected chi connectivity index (χ1v) is 11.5. The Labute approximate surface area is 177 Å². The summed E-state index contributed by atoms with van der Waals surface area (Å²) in [6, 6.07) is 8.15. The first kappa shape index (κ1) is 22.1. The number of nitro groups is 1. The molecule has 1 fully saturated rings. The minimum atomic E-state index is -3.75. The Hall–Kier alpha value is -2.56. The van der Waals surface area contributed by atoms with E-state index in [1.807, 2.05) is 23.2 Å². The molecule has 2 aromatic rings. The standard InChI is InChI=1S/C20H27N5O4S/c1-3-24(4-2)30(28,29)18-7-8-19(20(14-18)25(26)27)23-12-10-22(11-13-23)16-17-6-5-9-21-15-17/h5-9,14-15H,3-4,10-13,16H2,1-2H3. The minimum absolute atomic E-state index is 0.0446. The van der Waals surface area contributed by atoms with Crippen LogP contribution in [-0.2, 0) is 16.6 Å². The molecule has 0 saturated carbocycles. The fraction of sp³-hybridized carbons (Fsp3) is 0.450. The topological polar surface area (TPSA) is 99.9 Å². The van der Waals surface area contributed by atoms with Crippen molar-refractivity contribution >= 4 is 21.4 Å². The number of sulfonamides is 1. The molecular formula is C20H27N5O4S. The molecule has 2 heterocycles. The molecule has 0 spiro atoms. The van der Waals surface area contributed by atoms with Crippen LogP contribution in [0.25, 0.3) is 0 Å². The van der Waals surface area contributed by atoms with Crippen molar-refractivity contribution in [3.05, 3.63) is 58.4 Å². The molecule has 0 N–H and O–H groups in total. The van der Waals surface area contributed by atoms with Crippen molar-refractivity contribution in [2.75, 3.05) is 44.2 Å². The summed E-state index contributed by atoms with van der Waals surface area (Å²) in [7, 11) is -3.75. The van der Waals surface area contributed by atoms with E-state index in [1.54, 1.807) is 26.1 Å². The number of nitrogens with zero attached hydrogens (tertiary/aromatic N) is 5. The summed E-state index contributed by atoms with van der Waals surface area (Å²) in [5.41, 5.74) is 1.41. The highest BCUT2D eigenvalue weighted by atomic mass is 32.2. The lowest BCUT2D eigenvalue weighted by molar-refractivity contribution is -0.384. The van der Waals surface area contributed by atoms with Crippen LogP contribution >= 0.6 is 0 Å². The molecule has 0 bridgehead atoms. The zero-order valence-electron chi connectivity index (χ0n) is 17.3. The second-order valence-corrected chi connectivity index (χ2v) is 9.06. The molecule has 3 rings (SSSR count). The zero-order chi connectivity index (χ0) is 21.7. The summed E-state index contributed by atoms with van der Waals surface area (Å²) in [4.78, 5) is 19.5. The third kappa shape index (κ3) is 4.77. The lowest BCUT2D eigenvalue weighted by Gasteiger charge is -2.35. The summed E-state index contributed by atoms with van der Waals surface area (Å²) in [5.74, 6) is 0. The number of pyridine rings is 1. The van der Waals surface area contributed by atoms with E-state index in [9.17, 15) is 18.5 Å². The van der Waals surface area contributed by atoms with Gasteiger partial charge in [0, 0.05) is 64.3 Å². The second kappa shape index (κ2) is 9.50. The van der Waals surface area contributed by atoms with E-state index >= 15 is 0 Å². The van der Waals surface area contributed by atoms with Gasteiger partial charge in [-0.1, -0.05) is 19.9 Å². The van der Waals surface area contributed by atoms with Crippen LogP contribution in [0.3, 0.4) is 0 Å². The number of rotatable bonds is 8. The summed E-state index contributed by atoms with van der Waals surface area (Å²) in [6.45, 7) is 7.67. The fourth-order valence-electron chi connectivity index (χ4n) is 3.69. The van der Waals surface area contributed by atoms with Crippen molar-refractivity contribution in [3.8, 4) is 0 Å². The number of hydrogen-bond donors (Lipinski definition) is 0. The highest BCUT2D eigenvalue weighted by Crippen LogP contribution is 2.32. The molecule has 30 heavy (non-hydrogen) atoms. The first-order chi connectivity index (χ1) is 14.4. The molecule has 162 valence electrons. The SMILES string of the molecule is CCN(CC)S(=O)(=O)c1ccc(N2CCN(Cc3cccnc3)CC2)c([N+](=O)[O-])c1. The number of nitro benzene ring substituents is 1. The Bertz CT molecular complexity index is 972. The molecule has 0 aliphatic carbocycles. The van der Waals surface area contributed by atoms with E-state index in [0.717, 1.165) is 25.2 Å². The number of aromatic nitrogens is 1. The summed E-state index contributed by atoms with van der Waals surface area (Å²) < 4.78 is 26.8. The van der Waals surface area contributed by atoms with Crippen LogP contribution in [0.1, 0.15) is 19.4 Å². The molecule has 0 atom stereocenters. The number of hydrogen-bond acceptors (Lipinski definition) is 7. The van der Waals surface area contributed by atoms with Crippen molar-refractivity contribution < 1.29 is 13.3 Å². The summed E-state index contributed by atoms with van der Waals surface area (Å²) in [5, 5.41) is 11.7. The highest BCUT2D eigenvalue weighted by Gasteiger charge is 2.28. The van der Waals surface area contributed by atoms with Gasteiger partial charge >= 0.3 is 0 Å². The largest absolute Gasteiger partial charge is 0.363 e. The molecular weight excluding hydrogens is 406 g/mol. The van der Waals surface area contributed by atoms with Crippen LogP contribution in [0.2, 0.25) is 0 Å². The minimum Gasteiger partial charge on any atom is -0.363 e. The maximum absolute atomic E-state index is 12.8. The van der Waals surface area contributed by atoms with E-state index < -0.39 is 14.9 Å². The molecule has 1 aliphatic heterocycles. The highest BCUT2D eigenvalue weighted by molar-refractivity contribution is 7.89. The van der Waals surface area contributed by atoms with Gasteiger partial charge in [-0.3, -0.25) is 20.0 Å². The van der Waals surface area contributed by atoms with Crippen molar-refractivity contribution in [3.63, 3.8) is 0 Å². The van der Waals surface area contributed by atoms with Crippen LogP contribution < -0.4 is 4.90 Å². The van der Waals surface area contributed by atoms with Gasteiger partial charge in [-0.15, -0.1) is 0 Å². The van der Waals surface area contributed by atoms with Crippen molar-refractivity contribution in [2.24, 2.45) is 0 Å². The van der Waals surface area contributed by atoms with E-state index in [-0.39, 0.29) is 10.6 Å². The Morgan fingerprint density at radius 2 is 1.83 bits per heavy atom. The fourth-order valence-corrected chi connectivity index (χ4v) is 5.17. The van der Waals surface area contributed by atoms with Gasteiger partial charge < -0.3 is 4.90 Å². The number of benzene rings is 1. The molecule has 0 radical (unpaired) electrons. The third-order valence-corrected chi connectivity index (χ3v) is 7.37. The Balaban J connectivity index is 1.77. The quantitative estimate of drug-likeness (QED) is 0.465. The van der Waals surface area contributed by atoms with E-state index in [0.29, 0.717) is 31.9 Å². The summed E-state index contributed by atoms with van der Waals surface area (Å²) in [6.07, 6.45) is 3.58. The van der Waals surface area contributed by atoms with Crippen molar-refractivity contribution in [2.45, 2.75) is 25.3 Å². The average molecular weight is 434 g/mol. The van der Waals surface area contributed by atoms with Gasteiger partial charge in [0.05, 0.1) is 9.82 Å². The van der Waals surface area contributed by atoms with Crippen LogP contribution in [0, 0.1) is 10.1 Å². The van der Waals surface area contributed by atoms with Gasteiger partial charge in [-0.2, -0.15) is 4.31 Å². The molecule has 1 saturated heterocycles. The monoisotopic (exact) mass is 433 g/mol. The first-order valence-electron chi connectivity index (χ1n) is 10.0. The van der Waals surface area contributed by atoms with Crippen LogP contribution in [-0.4, -0.2) is 66.8 Å². The smallest absolute Gasteiger partial charge is 0.293 e. The molecule has 9 nitrogen and oxygen atoms in total. The van der Waals surface area contributed by atoms with E-state index in [2.05, 4.69) is 9.88 Å². The van der Waals surface area contributed by atoms with Gasteiger partial charge in [-0.25, -0.2) is 8.42 Å². The molecule has 0 unspecified atom stereocenters. The second-order valence-electron chi connectivity index (χ2n) is 7.12. The normalized spacial score (nSPS) is 15.5. The molecule has 0 amide bonds. The van der Waals surface area contributed by atoms with Crippen LogP contribution in [0.5, 0.6) is 0 Å². The average Bonchev–Trinajstić information content (AvgIpc) is 2.75. The van der Waals surface area contributed by atoms with Crippen molar-refractivity contribution in [1.29, 1.82) is 0 Å².